The molecule has 0 aliphatic heterocycles. The van der Waals surface area contributed by atoms with Crippen LogP contribution in [0.15, 0.2) is 48.5 Å². The number of hydrogen-bond donors (Lipinski definition) is 1. The normalized spacial score (nSPS) is 12.2. The van der Waals surface area contributed by atoms with Crippen molar-refractivity contribution in [2.45, 2.75) is 57.8 Å². The molecule has 0 atom stereocenters. The number of amides is 1. The molecule has 1 amide bonds. The second-order valence-electron chi connectivity index (χ2n) is 13.5. The molecule has 0 unspecified atom stereocenters. The van der Waals surface area contributed by atoms with E-state index >= 15 is 0 Å². The van der Waals surface area contributed by atoms with Crippen LogP contribution in [0.4, 0.5) is 4.79 Å². The standard InChI is InChI=1S/C44H71NO12/c1-2-3-4-5-6-11-18-47-20-22-49-24-26-51-28-30-53-32-34-55-36-37-56-35-33-54-31-29-52-27-25-50-23-21-48-19-12-17-45-44(46)57-38-43-41-15-9-7-13-39(41)40-14-8-10-16-42(40)43/h7-10,13-16,43H,2-6,11-12,17-38H2,1H3,(H,45,46). The minimum Gasteiger partial charge on any atom is -0.449 e. The van der Waals surface area contributed by atoms with Crippen LogP contribution < -0.4 is 5.32 Å². The van der Waals surface area contributed by atoms with E-state index in [1.165, 1.54) is 54.4 Å². The van der Waals surface area contributed by atoms with Crippen LogP contribution in [0.3, 0.4) is 0 Å². The van der Waals surface area contributed by atoms with E-state index in [1.807, 2.05) is 24.3 Å². The highest BCUT2D eigenvalue weighted by atomic mass is 16.6. The van der Waals surface area contributed by atoms with Gasteiger partial charge in [0.1, 0.15) is 6.61 Å². The number of nitrogens with one attached hydrogen (secondary N) is 1. The Morgan fingerprint density at radius 3 is 1.18 bits per heavy atom. The molecule has 324 valence electrons. The van der Waals surface area contributed by atoms with Gasteiger partial charge in [-0.2, -0.15) is 0 Å². The highest BCUT2D eigenvalue weighted by molar-refractivity contribution is 5.79. The minimum absolute atomic E-state index is 0.0511. The van der Waals surface area contributed by atoms with Crippen LogP contribution in [-0.2, 0) is 52.1 Å². The first-order valence-electron chi connectivity index (χ1n) is 21.2. The molecule has 3 rings (SSSR count). The molecule has 2 aromatic carbocycles. The van der Waals surface area contributed by atoms with Crippen molar-refractivity contribution in [3.8, 4) is 11.1 Å². The maximum atomic E-state index is 12.3. The molecule has 1 N–H and O–H groups in total. The van der Waals surface area contributed by atoms with Gasteiger partial charge in [0.05, 0.1) is 119 Å². The molecule has 0 fully saturated rings. The van der Waals surface area contributed by atoms with Gasteiger partial charge in [-0.3, -0.25) is 0 Å². The summed E-state index contributed by atoms with van der Waals surface area (Å²) in [6.07, 6.45) is 7.93. The first kappa shape index (κ1) is 48.7. The molecule has 0 bridgehead atoms. The van der Waals surface area contributed by atoms with Gasteiger partial charge in [-0.05, 0) is 35.1 Å². The molecule has 0 saturated carbocycles. The summed E-state index contributed by atoms with van der Waals surface area (Å²) in [5, 5.41) is 2.81. The van der Waals surface area contributed by atoms with Crippen LogP contribution in [0.25, 0.3) is 11.1 Å². The molecule has 0 saturated heterocycles. The second-order valence-corrected chi connectivity index (χ2v) is 13.5. The topological polar surface area (TPSA) is 131 Å². The molecular formula is C44H71NO12. The van der Waals surface area contributed by atoms with Gasteiger partial charge in [-0.1, -0.05) is 87.6 Å². The Kier molecular flexibility index (Phi) is 30.1. The van der Waals surface area contributed by atoms with Crippen LogP contribution in [-0.4, -0.2) is 151 Å². The van der Waals surface area contributed by atoms with Crippen molar-refractivity contribution in [1.29, 1.82) is 0 Å². The van der Waals surface area contributed by atoms with E-state index in [-0.39, 0.29) is 5.92 Å². The molecule has 1 aliphatic carbocycles. The van der Waals surface area contributed by atoms with Crippen molar-refractivity contribution in [2.75, 3.05) is 145 Å². The average Bonchev–Trinajstić information content (AvgIpc) is 3.55. The predicted octanol–water partition coefficient (Wildman–Crippen LogP) is 6.44. The molecule has 0 radical (unpaired) electrons. The maximum Gasteiger partial charge on any atom is 0.407 e. The van der Waals surface area contributed by atoms with E-state index in [1.54, 1.807) is 0 Å². The summed E-state index contributed by atoms with van der Waals surface area (Å²) in [7, 11) is 0. The minimum atomic E-state index is -0.413. The van der Waals surface area contributed by atoms with E-state index in [4.69, 9.17) is 52.1 Å². The number of fused-ring (bicyclic) bond motifs is 3. The monoisotopic (exact) mass is 805 g/mol. The SMILES string of the molecule is CCCCCCCCOCCOCCOCCOCCOCCOCCOCCOCCOCCOCCCNC(=O)OCC1c2ccccc2-c2ccccc21. The van der Waals surface area contributed by atoms with Crippen molar-refractivity contribution in [2.24, 2.45) is 0 Å². The Labute approximate surface area is 341 Å². The molecule has 0 heterocycles. The number of carbonyl (C=O) groups excluding carboxylic acids is 1. The zero-order chi connectivity index (χ0) is 40.1. The average molecular weight is 806 g/mol. The molecular weight excluding hydrogens is 734 g/mol. The lowest BCUT2D eigenvalue weighted by Gasteiger charge is -2.14. The number of unbranched alkanes of at least 4 members (excludes halogenated alkanes) is 5. The third-order valence-corrected chi connectivity index (χ3v) is 9.07. The lowest BCUT2D eigenvalue weighted by Crippen LogP contribution is -2.27. The number of rotatable bonds is 40. The highest BCUT2D eigenvalue weighted by Gasteiger charge is 2.28. The Balaban J connectivity index is 0.931. The van der Waals surface area contributed by atoms with Gasteiger partial charge in [0, 0.05) is 25.7 Å². The van der Waals surface area contributed by atoms with Crippen LogP contribution in [0, 0.1) is 0 Å². The number of carbonyl (C=O) groups is 1. The fourth-order valence-corrected chi connectivity index (χ4v) is 6.08. The number of alkyl carbamates (subject to hydrolysis) is 1. The first-order valence-corrected chi connectivity index (χ1v) is 21.2. The van der Waals surface area contributed by atoms with Gasteiger partial charge in [-0.25, -0.2) is 4.79 Å². The highest BCUT2D eigenvalue weighted by Crippen LogP contribution is 2.44. The van der Waals surface area contributed by atoms with Crippen molar-refractivity contribution in [1.82, 2.24) is 5.32 Å². The predicted molar refractivity (Wildman–Crippen MR) is 219 cm³/mol. The van der Waals surface area contributed by atoms with E-state index in [2.05, 4.69) is 36.5 Å². The third-order valence-electron chi connectivity index (χ3n) is 9.07. The van der Waals surface area contributed by atoms with Crippen molar-refractivity contribution in [3.63, 3.8) is 0 Å². The summed E-state index contributed by atoms with van der Waals surface area (Å²) >= 11 is 0. The second kappa shape index (κ2) is 35.3. The van der Waals surface area contributed by atoms with Crippen molar-refractivity contribution in [3.05, 3.63) is 59.7 Å². The summed E-state index contributed by atoms with van der Waals surface area (Å²) in [5.74, 6) is 0.0511. The van der Waals surface area contributed by atoms with Gasteiger partial charge >= 0.3 is 6.09 Å². The van der Waals surface area contributed by atoms with Gasteiger partial charge < -0.3 is 57.4 Å². The van der Waals surface area contributed by atoms with E-state index < -0.39 is 6.09 Å². The van der Waals surface area contributed by atoms with Crippen molar-refractivity contribution < 1.29 is 56.9 Å². The van der Waals surface area contributed by atoms with E-state index in [0.717, 1.165) is 13.0 Å². The quantitative estimate of drug-likeness (QED) is 0.0745. The molecule has 13 heteroatoms. The summed E-state index contributed by atoms with van der Waals surface area (Å²) in [4.78, 5) is 12.3. The first-order chi connectivity index (χ1) is 28.3. The fourth-order valence-electron chi connectivity index (χ4n) is 6.08. The molecule has 2 aromatic rings. The lowest BCUT2D eigenvalue weighted by atomic mass is 9.98. The largest absolute Gasteiger partial charge is 0.449 e. The smallest absolute Gasteiger partial charge is 0.407 e. The lowest BCUT2D eigenvalue weighted by molar-refractivity contribution is -0.0264. The number of benzene rings is 2. The summed E-state index contributed by atoms with van der Waals surface area (Å²) in [5.41, 5.74) is 4.82. The Bertz CT molecular complexity index is 1190. The summed E-state index contributed by atoms with van der Waals surface area (Å²) in [6.45, 7) is 13.8. The van der Waals surface area contributed by atoms with Gasteiger partial charge in [-0.15, -0.1) is 0 Å². The molecule has 1 aliphatic rings. The van der Waals surface area contributed by atoms with Crippen LogP contribution in [0.5, 0.6) is 0 Å². The Morgan fingerprint density at radius 2 is 0.772 bits per heavy atom. The summed E-state index contributed by atoms with van der Waals surface area (Å²) in [6, 6.07) is 16.6. The summed E-state index contributed by atoms with van der Waals surface area (Å²) < 4.78 is 60.9. The number of ether oxygens (including phenoxy) is 11. The van der Waals surface area contributed by atoms with Gasteiger partial charge in [0.2, 0.25) is 0 Å². The zero-order valence-corrected chi connectivity index (χ0v) is 34.6. The van der Waals surface area contributed by atoms with Gasteiger partial charge in [0.25, 0.3) is 0 Å². The molecule has 0 aromatic heterocycles. The van der Waals surface area contributed by atoms with Crippen molar-refractivity contribution >= 4 is 6.09 Å². The Hall–Kier alpha value is -2.69. The van der Waals surface area contributed by atoms with Crippen LogP contribution in [0.1, 0.15) is 68.9 Å². The zero-order valence-electron chi connectivity index (χ0n) is 34.6. The fraction of sp³-hybridized carbons (Fsp3) is 0.705. The Morgan fingerprint density at radius 1 is 0.439 bits per heavy atom. The number of hydrogen-bond acceptors (Lipinski definition) is 12. The third kappa shape index (κ3) is 24.1. The maximum absolute atomic E-state index is 12.3. The van der Waals surface area contributed by atoms with Gasteiger partial charge in [0.15, 0.2) is 0 Å². The molecule has 57 heavy (non-hydrogen) atoms. The molecule has 13 nitrogen and oxygen atoms in total. The van der Waals surface area contributed by atoms with E-state index in [9.17, 15) is 4.79 Å². The van der Waals surface area contributed by atoms with Crippen LogP contribution >= 0.6 is 0 Å². The molecule has 0 spiro atoms. The van der Waals surface area contributed by atoms with E-state index in [0.29, 0.717) is 145 Å². The van der Waals surface area contributed by atoms with Crippen LogP contribution in [0.2, 0.25) is 0 Å².